The predicted octanol–water partition coefficient (Wildman–Crippen LogP) is 1.91. The number of hydrogen-bond acceptors (Lipinski definition) is 5. The lowest BCUT2D eigenvalue weighted by Crippen LogP contribution is -2.56. The Labute approximate surface area is 180 Å². The van der Waals surface area contributed by atoms with Gasteiger partial charge < -0.3 is 14.5 Å². The summed E-state index contributed by atoms with van der Waals surface area (Å²) >= 11 is 0. The normalized spacial score (nSPS) is 21.0. The van der Waals surface area contributed by atoms with Crippen molar-refractivity contribution in [1.29, 1.82) is 0 Å². The van der Waals surface area contributed by atoms with Gasteiger partial charge in [-0.25, -0.2) is 8.78 Å². The van der Waals surface area contributed by atoms with Crippen LogP contribution in [0.15, 0.2) is 18.2 Å². The average molecular weight is 437 g/mol. The molecule has 2 saturated heterocycles. The number of likely N-dealkylation sites (tertiary alicyclic amines) is 1. The third kappa shape index (κ3) is 5.39. The van der Waals surface area contributed by atoms with Gasteiger partial charge in [0.05, 0.1) is 18.6 Å². The van der Waals surface area contributed by atoms with Gasteiger partial charge >= 0.3 is 5.97 Å². The SMILES string of the molecule is CCOC(=O)C1CCCN(C(=O)C(C)N2CCN(C(=O)c3ccc(F)c(F)c3)CC2)C1. The molecule has 2 aliphatic heterocycles. The fraction of sp³-hybridized carbons (Fsp3) is 0.591. The maximum absolute atomic E-state index is 13.4. The topological polar surface area (TPSA) is 70.2 Å². The number of esters is 1. The van der Waals surface area contributed by atoms with E-state index in [9.17, 15) is 23.2 Å². The van der Waals surface area contributed by atoms with Crippen LogP contribution >= 0.6 is 0 Å². The van der Waals surface area contributed by atoms with Crippen molar-refractivity contribution in [2.24, 2.45) is 5.92 Å². The van der Waals surface area contributed by atoms with Crippen molar-refractivity contribution in [3.63, 3.8) is 0 Å². The van der Waals surface area contributed by atoms with Crippen LogP contribution in [0.5, 0.6) is 0 Å². The summed E-state index contributed by atoms with van der Waals surface area (Å²) in [7, 11) is 0. The number of nitrogens with zero attached hydrogens (tertiary/aromatic N) is 3. The molecule has 2 unspecified atom stereocenters. The molecule has 0 saturated carbocycles. The first kappa shape index (κ1) is 23.1. The second-order valence-electron chi connectivity index (χ2n) is 8.01. The summed E-state index contributed by atoms with van der Waals surface area (Å²) in [6, 6.07) is 2.76. The Kier molecular flexibility index (Phi) is 7.59. The summed E-state index contributed by atoms with van der Waals surface area (Å²) in [5, 5.41) is 0. The summed E-state index contributed by atoms with van der Waals surface area (Å²) in [6.45, 7) is 6.69. The molecule has 7 nitrogen and oxygen atoms in total. The number of piperidine rings is 1. The number of benzene rings is 1. The summed E-state index contributed by atoms with van der Waals surface area (Å²) in [6.07, 6.45) is 1.49. The molecule has 2 aliphatic rings. The number of ether oxygens (including phenoxy) is 1. The van der Waals surface area contributed by atoms with E-state index in [1.807, 2.05) is 11.8 Å². The molecule has 0 aromatic heterocycles. The smallest absolute Gasteiger partial charge is 0.310 e. The van der Waals surface area contributed by atoms with Gasteiger partial charge in [0, 0.05) is 44.8 Å². The molecule has 170 valence electrons. The van der Waals surface area contributed by atoms with Gasteiger partial charge in [0.15, 0.2) is 11.6 Å². The molecular formula is C22H29F2N3O4. The third-order valence-corrected chi connectivity index (χ3v) is 6.03. The predicted molar refractivity (Wildman–Crippen MR) is 109 cm³/mol. The standard InChI is InChI=1S/C22H29F2N3O4/c1-3-31-22(30)17-5-4-8-27(14-17)20(28)15(2)25-9-11-26(12-10-25)21(29)16-6-7-18(23)19(24)13-16/h6-7,13,15,17H,3-5,8-12,14H2,1-2H3. The Balaban J connectivity index is 1.54. The van der Waals surface area contributed by atoms with Gasteiger partial charge in [0.1, 0.15) is 0 Å². The fourth-order valence-corrected chi connectivity index (χ4v) is 4.17. The van der Waals surface area contributed by atoms with Crippen LogP contribution in [-0.2, 0) is 14.3 Å². The van der Waals surface area contributed by atoms with Gasteiger partial charge in [0.2, 0.25) is 5.91 Å². The van der Waals surface area contributed by atoms with Crippen molar-refractivity contribution in [2.45, 2.75) is 32.7 Å². The maximum atomic E-state index is 13.4. The van der Waals surface area contributed by atoms with Crippen LogP contribution in [0.2, 0.25) is 0 Å². The van der Waals surface area contributed by atoms with Crippen molar-refractivity contribution in [2.75, 3.05) is 45.9 Å². The lowest BCUT2D eigenvalue weighted by atomic mass is 9.97. The van der Waals surface area contributed by atoms with E-state index >= 15 is 0 Å². The van der Waals surface area contributed by atoms with E-state index in [1.165, 1.54) is 6.07 Å². The lowest BCUT2D eigenvalue weighted by Gasteiger charge is -2.40. The largest absolute Gasteiger partial charge is 0.466 e. The number of carbonyl (C=O) groups excluding carboxylic acids is 3. The molecule has 2 fully saturated rings. The molecule has 2 amide bonds. The van der Waals surface area contributed by atoms with Crippen LogP contribution in [0.3, 0.4) is 0 Å². The van der Waals surface area contributed by atoms with Crippen molar-refractivity contribution < 1.29 is 27.9 Å². The van der Waals surface area contributed by atoms with Crippen LogP contribution in [0.1, 0.15) is 37.0 Å². The Morgan fingerprint density at radius 2 is 1.77 bits per heavy atom. The number of piperazine rings is 1. The van der Waals surface area contributed by atoms with E-state index in [4.69, 9.17) is 4.74 Å². The minimum Gasteiger partial charge on any atom is -0.466 e. The first-order valence-corrected chi connectivity index (χ1v) is 10.8. The molecule has 3 rings (SSSR count). The summed E-state index contributed by atoms with van der Waals surface area (Å²) in [5.74, 6) is -2.96. The van der Waals surface area contributed by atoms with E-state index in [-0.39, 0.29) is 35.3 Å². The third-order valence-electron chi connectivity index (χ3n) is 6.03. The van der Waals surface area contributed by atoms with Gasteiger partial charge in [-0.3, -0.25) is 19.3 Å². The van der Waals surface area contributed by atoms with E-state index in [0.717, 1.165) is 25.0 Å². The van der Waals surface area contributed by atoms with Gasteiger partial charge in [-0.05, 0) is 44.9 Å². The molecule has 9 heteroatoms. The highest BCUT2D eigenvalue weighted by Gasteiger charge is 2.34. The molecular weight excluding hydrogens is 408 g/mol. The Morgan fingerprint density at radius 3 is 2.42 bits per heavy atom. The summed E-state index contributed by atoms with van der Waals surface area (Å²) in [4.78, 5) is 42.9. The molecule has 0 bridgehead atoms. The van der Waals surface area contributed by atoms with E-state index in [0.29, 0.717) is 45.9 Å². The molecule has 0 radical (unpaired) electrons. The van der Waals surface area contributed by atoms with Crippen LogP contribution in [0.4, 0.5) is 8.78 Å². The summed E-state index contributed by atoms with van der Waals surface area (Å²) < 4.78 is 31.6. The number of hydrogen-bond donors (Lipinski definition) is 0. The number of amides is 2. The van der Waals surface area contributed by atoms with Gasteiger partial charge in [-0.2, -0.15) is 0 Å². The number of rotatable bonds is 5. The molecule has 0 aliphatic carbocycles. The highest BCUT2D eigenvalue weighted by Crippen LogP contribution is 2.20. The van der Waals surface area contributed by atoms with E-state index < -0.39 is 11.6 Å². The van der Waals surface area contributed by atoms with Crippen LogP contribution in [0, 0.1) is 17.6 Å². The quantitative estimate of drug-likeness (QED) is 0.659. The van der Waals surface area contributed by atoms with Crippen molar-refractivity contribution >= 4 is 17.8 Å². The van der Waals surface area contributed by atoms with E-state index in [2.05, 4.69) is 0 Å². The van der Waals surface area contributed by atoms with Crippen LogP contribution in [0.25, 0.3) is 0 Å². The maximum Gasteiger partial charge on any atom is 0.310 e. The molecule has 31 heavy (non-hydrogen) atoms. The molecule has 1 aromatic carbocycles. The molecule has 2 atom stereocenters. The summed E-state index contributed by atoms with van der Waals surface area (Å²) in [5.41, 5.74) is 0.106. The molecule has 1 aromatic rings. The van der Waals surface area contributed by atoms with Crippen LogP contribution in [-0.4, -0.2) is 84.4 Å². The lowest BCUT2D eigenvalue weighted by molar-refractivity contribution is -0.152. The second kappa shape index (κ2) is 10.2. The van der Waals surface area contributed by atoms with E-state index in [1.54, 1.807) is 16.7 Å². The molecule has 0 spiro atoms. The molecule has 2 heterocycles. The zero-order valence-corrected chi connectivity index (χ0v) is 18.0. The monoisotopic (exact) mass is 437 g/mol. The zero-order chi connectivity index (χ0) is 22.5. The minimum atomic E-state index is -1.05. The van der Waals surface area contributed by atoms with Crippen LogP contribution < -0.4 is 0 Å². The highest BCUT2D eigenvalue weighted by atomic mass is 19.2. The number of halogens is 2. The fourth-order valence-electron chi connectivity index (χ4n) is 4.17. The first-order chi connectivity index (χ1) is 14.8. The Bertz CT molecular complexity index is 827. The van der Waals surface area contributed by atoms with Crippen molar-refractivity contribution in [3.8, 4) is 0 Å². The zero-order valence-electron chi connectivity index (χ0n) is 18.0. The Morgan fingerprint density at radius 1 is 1.06 bits per heavy atom. The second-order valence-corrected chi connectivity index (χ2v) is 8.01. The van der Waals surface area contributed by atoms with Gasteiger partial charge in [0.25, 0.3) is 5.91 Å². The molecule has 0 N–H and O–H groups in total. The highest BCUT2D eigenvalue weighted by molar-refractivity contribution is 5.94. The average Bonchev–Trinajstić information content (AvgIpc) is 2.79. The van der Waals surface area contributed by atoms with Gasteiger partial charge in [-0.15, -0.1) is 0 Å². The number of carbonyl (C=O) groups is 3. The van der Waals surface area contributed by atoms with Crippen molar-refractivity contribution in [3.05, 3.63) is 35.4 Å². The Hall–Kier alpha value is -2.55. The first-order valence-electron chi connectivity index (χ1n) is 10.8. The van der Waals surface area contributed by atoms with Crippen molar-refractivity contribution in [1.82, 2.24) is 14.7 Å². The van der Waals surface area contributed by atoms with Gasteiger partial charge in [-0.1, -0.05) is 0 Å². The minimum absolute atomic E-state index is 0.0330.